The molecule has 0 radical (unpaired) electrons. The molecule has 0 aliphatic rings. The average Bonchev–Trinajstić information content (AvgIpc) is 2.54. The predicted molar refractivity (Wildman–Crippen MR) is 68.1 cm³/mol. The summed E-state index contributed by atoms with van der Waals surface area (Å²) < 4.78 is 29.3. The molecule has 0 bridgehead atoms. The van der Waals surface area contributed by atoms with Gasteiger partial charge >= 0.3 is 0 Å². The Morgan fingerprint density at radius 3 is 2.65 bits per heavy atom. The molecular formula is C12H13NO3S. The monoisotopic (exact) mass is 251 g/mol. The third-order valence-corrected chi connectivity index (χ3v) is 3.70. The van der Waals surface area contributed by atoms with E-state index in [-0.39, 0.29) is 0 Å². The van der Waals surface area contributed by atoms with Crippen LogP contribution >= 0.6 is 0 Å². The van der Waals surface area contributed by atoms with Crippen LogP contribution in [0.25, 0.3) is 23.7 Å². The molecule has 0 amide bonds. The molecule has 0 fully saturated rings. The minimum Gasteiger partial charge on any atom is -0.457 e. The van der Waals surface area contributed by atoms with Gasteiger partial charge in [0.1, 0.15) is 11.0 Å². The van der Waals surface area contributed by atoms with Gasteiger partial charge in [-0.2, -0.15) is 0 Å². The number of nitrogens with zero attached hydrogens (tertiary/aromatic N) is 1. The highest BCUT2D eigenvalue weighted by atomic mass is 32.2. The summed E-state index contributed by atoms with van der Waals surface area (Å²) in [4.78, 5) is 0. The van der Waals surface area contributed by atoms with Crippen molar-refractivity contribution in [2.75, 3.05) is 13.3 Å². The first-order valence-corrected chi connectivity index (χ1v) is 6.86. The van der Waals surface area contributed by atoms with E-state index in [1.165, 1.54) is 13.2 Å². The summed E-state index contributed by atoms with van der Waals surface area (Å²) in [7, 11) is -1.77. The summed E-state index contributed by atoms with van der Waals surface area (Å²) in [6.45, 7) is 3.77. The Hall–Kier alpha value is -1.75. The van der Waals surface area contributed by atoms with Crippen LogP contribution in [0, 0.1) is 0 Å². The number of para-hydroxylation sites is 1. The SMILES string of the molecule is C=c1oc2ccccc2/c1=C/N(C)S(C)(=O)=O. The van der Waals surface area contributed by atoms with Crippen LogP contribution in [-0.4, -0.2) is 26.0 Å². The van der Waals surface area contributed by atoms with Crippen LogP contribution in [-0.2, 0) is 10.0 Å². The lowest BCUT2D eigenvalue weighted by atomic mass is 10.2. The van der Waals surface area contributed by atoms with Crippen molar-refractivity contribution >= 4 is 33.8 Å². The summed E-state index contributed by atoms with van der Waals surface area (Å²) in [5.74, 6) is 0. The van der Waals surface area contributed by atoms with Crippen LogP contribution in [0.1, 0.15) is 0 Å². The fourth-order valence-electron chi connectivity index (χ4n) is 1.54. The van der Waals surface area contributed by atoms with Gasteiger partial charge in [0, 0.05) is 23.9 Å². The van der Waals surface area contributed by atoms with Gasteiger partial charge in [-0.05, 0) is 6.07 Å². The van der Waals surface area contributed by atoms with E-state index in [0.29, 0.717) is 16.2 Å². The molecule has 17 heavy (non-hydrogen) atoms. The molecule has 0 saturated carbocycles. The minimum atomic E-state index is -3.26. The van der Waals surface area contributed by atoms with Crippen LogP contribution in [0.15, 0.2) is 28.7 Å². The first-order valence-electron chi connectivity index (χ1n) is 5.01. The van der Waals surface area contributed by atoms with E-state index < -0.39 is 10.0 Å². The van der Waals surface area contributed by atoms with Crippen molar-refractivity contribution in [3.05, 3.63) is 34.9 Å². The van der Waals surface area contributed by atoms with Gasteiger partial charge in [0.25, 0.3) is 0 Å². The summed E-state index contributed by atoms with van der Waals surface area (Å²) in [5.41, 5.74) is 1.16. The van der Waals surface area contributed by atoms with Crippen molar-refractivity contribution in [2.24, 2.45) is 0 Å². The summed E-state index contributed by atoms with van der Waals surface area (Å²) in [6.07, 6.45) is 2.66. The fraction of sp³-hybridized carbons (Fsp3) is 0.167. The van der Waals surface area contributed by atoms with E-state index >= 15 is 0 Å². The first kappa shape index (κ1) is 11.7. The molecule has 5 heteroatoms. The van der Waals surface area contributed by atoms with Gasteiger partial charge in [0.05, 0.1) is 6.26 Å². The van der Waals surface area contributed by atoms with Gasteiger partial charge in [0.15, 0.2) is 0 Å². The zero-order valence-corrected chi connectivity index (χ0v) is 10.5. The fourth-order valence-corrected chi connectivity index (χ4v) is 1.83. The van der Waals surface area contributed by atoms with Crippen molar-refractivity contribution in [3.8, 4) is 0 Å². The lowest BCUT2D eigenvalue weighted by molar-refractivity contribution is 0.555. The highest BCUT2D eigenvalue weighted by Gasteiger charge is 2.07. The molecule has 2 aromatic rings. The van der Waals surface area contributed by atoms with E-state index in [1.807, 2.05) is 24.3 Å². The van der Waals surface area contributed by atoms with E-state index in [9.17, 15) is 8.42 Å². The molecule has 0 atom stereocenters. The van der Waals surface area contributed by atoms with Crippen LogP contribution in [0.2, 0.25) is 0 Å². The number of benzene rings is 1. The quantitative estimate of drug-likeness (QED) is 0.779. The molecule has 1 aromatic heterocycles. The Labute approximate surface area is 99.5 Å². The number of sulfonamides is 1. The van der Waals surface area contributed by atoms with Crippen LogP contribution in [0.5, 0.6) is 0 Å². The van der Waals surface area contributed by atoms with Crippen LogP contribution in [0.3, 0.4) is 0 Å². The molecule has 0 spiro atoms. The van der Waals surface area contributed by atoms with E-state index in [0.717, 1.165) is 15.9 Å². The highest BCUT2D eigenvalue weighted by Crippen LogP contribution is 2.07. The smallest absolute Gasteiger partial charge is 0.231 e. The van der Waals surface area contributed by atoms with Gasteiger partial charge < -0.3 is 4.42 Å². The van der Waals surface area contributed by atoms with Crippen LogP contribution in [0.4, 0.5) is 0 Å². The molecule has 4 nitrogen and oxygen atoms in total. The standard InChI is InChI=1S/C12H13NO3S/c1-9-11(8-13(2)17(3,14)15)10-6-4-5-7-12(10)16-9/h4-8H,1H2,2-3H3/b11-8+. The Morgan fingerprint density at radius 2 is 2.00 bits per heavy atom. The topological polar surface area (TPSA) is 50.5 Å². The summed E-state index contributed by atoms with van der Waals surface area (Å²) >= 11 is 0. The molecule has 1 aromatic carbocycles. The predicted octanol–water partition coefficient (Wildman–Crippen LogP) is 0.472. The maximum absolute atomic E-state index is 11.3. The van der Waals surface area contributed by atoms with Gasteiger partial charge in [-0.15, -0.1) is 0 Å². The van der Waals surface area contributed by atoms with E-state index in [2.05, 4.69) is 6.58 Å². The lowest BCUT2D eigenvalue weighted by Crippen LogP contribution is -2.27. The Balaban J connectivity index is 2.76. The van der Waals surface area contributed by atoms with Crippen LogP contribution < -0.4 is 10.6 Å². The molecule has 0 aliphatic carbocycles. The number of hydrogen-bond donors (Lipinski definition) is 0. The molecular weight excluding hydrogens is 238 g/mol. The van der Waals surface area contributed by atoms with Crippen molar-refractivity contribution in [1.29, 1.82) is 0 Å². The van der Waals surface area contributed by atoms with Gasteiger partial charge in [-0.3, -0.25) is 4.31 Å². The molecule has 90 valence electrons. The Bertz CT molecular complexity index is 759. The minimum absolute atomic E-state index is 0.460. The Kier molecular flexibility index (Phi) is 2.71. The van der Waals surface area contributed by atoms with Gasteiger partial charge in [-0.25, -0.2) is 8.42 Å². The summed E-state index contributed by atoms with van der Waals surface area (Å²) in [6, 6.07) is 7.42. The third kappa shape index (κ3) is 2.19. The van der Waals surface area contributed by atoms with E-state index in [1.54, 1.807) is 0 Å². The third-order valence-electron chi connectivity index (χ3n) is 2.54. The van der Waals surface area contributed by atoms with Crippen molar-refractivity contribution in [3.63, 3.8) is 0 Å². The second-order valence-corrected chi connectivity index (χ2v) is 5.89. The molecule has 1 heterocycles. The van der Waals surface area contributed by atoms with Gasteiger partial charge in [0.2, 0.25) is 10.0 Å². The Morgan fingerprint density at radius 1 is 1.35 bits per heavy atom. The first-order chi connectivity index (χ1) is 7.89. The maximum Gasteiger partial charge on any atom is 0.231 e. The second kappa shape index (κ2) is 3.92. The molecule has 0 saturated heterocycles. The number of hydrogen-bond acceptors (Lipinski definition) is 3. The lowest BCUT2D eigenvalue weighted by Gasteiger charge is -2.09. The number of rotatable bonds is 2. The molecule has 0 unspecified atom stereocenters. The maximum atomic E-state index is 11.3. The highest BCUT2D eigenvalue weighted by molar-refractivity contribution is 7.88. The largest absolute Gasteiger partial charge is 0.457 e. The number of fused-ring (bicyclic) bond motifs is 1. The zero-order chi connectivity index (χ0) is 12.6. The summed E-state index contributed by atoms with van der Waals surface area (Å²) in [5, 5.41) is 1.54. The average molecular weight is 251 g/mol. The zero-order valence-electron chi connectivity index (χ0n) is 9.67. The molecule has 0 N–H and O–H groups in total. The second-order valence-electron chi connectivity index (χ2n) is 3.84. The van der Waals surface area contributed by atoms with Crippen molar-refractivity contribution in [1.82, 2.24) is 4.31 Å². The normalized spacial score (nSPS) is 13.2. The molecule has 2 rings (SSSR count). The van der Waals surface area contributed by atoms with Gasteiger partial charge in [-0.1, -0.05) is 24.8 Å². The van der Waals surface area contributed by atoms with Crippen molar-refractivity contribution < 1.29 is 12.8 Å². The van der Waals surface area contributed by atoms with E-state index in [4.69, 9.17) is 4.42 Å². The molecule has 0 aliphatic heterocycles. The number of furan rings is 1. The van der Waals surface area contributed by atoms with Crippen molar-refractivity contribution in [2.45, 2.75) is 0 Å².